The fourth-order valence-corrected chi connectivity index (χ4v) is 0.344. The molecule has 0 aromatic rings. The lowest BCUT2D eigenvalue weighted by Gasteiger charge is -1.86. The first kappa shape index (κ1) is 5.59. The Bertz CT molecular complexity index is 130. The Kier molecular flexibility index (Phi) is 0.644. The van der Waals surface area contributed by atoms with Crippen molar-refractivity contribution in [2.45, 2.75) is 11.8 Å². The molecule has 0 aromatic heterocycles. The van der Waals surface area contributed by atoms with Gasteiger partial charge in [0.1, 0.15) is 0 Å². The van der Waals surface area contributed by atoms with E-state index in [1.807, 2.05) is 0 Å². The van der Waals surface area contributed by atoms with Gasteiger partial charge in [-0.25, -0.2) is 0 Å². The van der Waals surface area contributed by atoms with E-state index in [2.05, 4.69) is 6.58 Å². The summed E-state index contributed by atoms with van der Waals surface area (Å²) in [7, 11) is 0. The van der Waals surface area contributed by atoms with Crippen LogP contribution in [0.25, 0.3) is 0 Å². The van der Waals surface area contributed by atoms with E-state index in [-0.39, 0.29) is 0 Å². The number of halogens is 4. The number of alkyl halides is 4. The smallest absolute Gasteiger partial charge is 0.194 e. The molecule has 46 valence electrons. The van der Waals surface area contributed by atoms with Crippen molar-refractivity contribution < 1.29 is 17.6 Å². The van der Waals surface area contributed by atoms with Crippen molar-refractivity contribution in [3.05, 3.63) is 12.2 Å². The summed E-state index contributed by atoms with van der Waals surface area (Å²) in [6.45, 7) is 2.47. The van der Waals surface area contributed by atoms with Gasteiger partial charge < -0.3 is 0 Å². The Labute approximate surface area is 42.8 Å². The highest BCUT2D eigenvalue weighted by atomic mass is 19.3. The van der Waals surface area contributed by atoms with Crippen LogP contribution in [0.1, 0.15) is 0 Å². The first-order chi connectivity index (χ1) is 3.40. The fourth-order valence-electron chi connectivity index (χ4n) is 0.344. The molecule has 1 aliphatic rings. The number of rotatable bonds is 0. The topological polar surface area (TPSA) is 0 Å². The van der Waals surface area contributed by atoms with Crippen LogP contribution in [0.5, 0.6) is 0 Å². The van der Waals surface area contributed by atoms with Crippen LogP contribution in [-0.2, 0) is 0 Å². The second-order valence-corrected chi connectivity index (χ2v) is 1.63. The SMILES string of the molecule is C=C1C(F)(F)C1(F)F. The van der Waals surface area contributed by atoms with Gasteiger partial charge in [0.15, 0.2) is 0 Å². The quantitative estimate of drug-likeness (QED) is 0.343. The zero-order valence-corrected chi connectivity index (χ0v) is 3.72. The van der Waals surface area contributed by atoms with E-state index in [1.54, 1.807) is 0 Å². The van der Waals surface area contributed by atoms with Gasteiger partial charge >= 0.3 is 11.8 Å². The van der Waals surface area contributed by atoms with Gasteiger partial charge in [0.05, 0.1) is 5.57 Å². The average molecular weight is 126 g/mol. The summed E-state index contributed by atoms with van der Waals surface area (Å²) in [5.74, 6) is -7.85. The van der Waals surface area contributed by atoms with E-state index in [0.29, 0.717) is 0 Å². The minimum absolute atomic E-state index is 1.27. The summed E-state index contributed by atoms with van der Waals surface area (Å²) in [6, 6.07) is 0. The molecule has 1 fully saturated rings. The lowest BCUT2D eigenvalue weighted by atomic mass is 10.7. The third kappa shape index (κ3) is 0.319. The molecule has 0 heterocycles. The summed E-state index contributed by atoms with van der Waals surface area (Å²) in [5.41, 5.74) is -1.27. The maximum Gasteiger partial charge on any atom is 0.341 e. The molecule has 0 aromatic carbocycles. The third-order valence-electron chi connectivity index (χ3n) is 1.09. The molecule has 8 heavy (non-hydrogen) atoms. The van der Waals surface area contributed by atoms with Gasteiger partial charge in [-0.3, -0.25) is 0 Å². The molecule has 0 bridgehead atoms. The van der Waals surface area contributed by atoms with Crippen molar-refractivity contribution in [3.8, 4) is 0 Å². The van der Waals surface area contributed by atoms with E-state index in [4.69, 9.17) is 0 Å². The average Bonchev–Trinajstić information content (AvgIpc) is 1.88. The fraction of sp³-hybridized carbons (Fsp3) is 0.500. The van der Waals surface area contributed by atoms with Crippen molar-refractivity contribution in [2.24, 2.45) is 0 Å². The Morgan fingerprint density at radius 3 is 1.12 bits per heavy atom. The molecule has 0 atom stereocenters. The summed E-state index contributed by atoms with van der Waals surface area (Å²) in [4.78, 5) is 0. The van der Waals surface area contributed by atoms with Gasteiger partial charge in [-0.1, -0.05) is 6.58 Å². The molecule has 1 rings (SSSR count). The molecule has 1 aliphatic carbocycles. The van der Waals surface area contributed by atoms with Gasteiger partial charge in [-0.15, -0.1) is 0 Å². The predicted octanol–water partition coefficient (Wildman–Crippen LogP) is 1.83. The molecule has 0 nitrogen and oxygen atoms in total. The monoisotopic (exact) mass is 126 g/mol. The van der Waals surface area contributed by atoms with Crippen molar-refractivity contribution in [2.75, 3.05) is 0 Å². The zero-order valence-electron chi connectivity index (χ0n) is 3.72. The van der Waals surface area contributed by atoms with E-state index >= 15 is 0 Å². The van der Waals surface area contributed by atoms with Gasteiger partial charge in [0.2, 0.25) is 0 Å². The largest absolute Gasteiger partial charge is 0.341 e. The first-order valence-corrected chi connectivity index (χ1v) is 1.86. The lowest BCUT2D eigenvalue weighted by Crippen LogP contribution is -2.02. The molecule has 0 radical (unpaired) electrons. The van der Waals surface area contributed by atoms with Gasteiger partial charge in [0, 0.05) is 0 Å². The normalized spacial score (nSPS) is 30.2. The van der Waals surface area contributed by atoms with E-state index in [9.17, 15) is 17.6 Å². The van der Waals surface area contributed by atoms with Crippen LogP contribution in [0, 0.1) is 0 Å². The molecule has 0 unspecified atom stereocenters. The van der Waals surface area contributed by atoms with Crippen LogP contribution in [0.2, 0.25) is 0 Å². The second kappa shape index (κ2) is 0.921. The summed E-state index contributed by atoms with van der Waals surface area (Å²) in [6.07, 6.45) is 0. The van der Waals surface area contributed by atoms with Crippen LogP contribution < -0.4 is 0 Å². The van der Waals surface area contributed by atoms with Gasteiger partial charge in [-0.2, -0.15) is 17.6 Å². The minimum Gasteiger partial charge on any atom is -0.194 e. The highest BCUT2D eigenvalue weighted by Gasteiger charge is 2.80. The molecule has 0 amide bonds. The number of hydrogen-bond acceptors (Lipinski definition) is 0. The van der Waals surface area contributed by atoms with Crippen LogP contribution in [-0.4, -0.2) is 11.8 Å². The molecule has 4 heteroatoms. The van der Waals surface area contributed by atoms with Gasteiger partial charge in [0.25, 0.3) is 0 Å². The summed E-state index contributed by atoms with van der Waals surface area (Å²) in [5, 5.41) is 0. The standard InChI is InChI=1S/C4H2F4/c1-2-3(5,6)4(2,7)8/h1H2. The van der Waals surface area contributed by atoms with E-state index in [1.165, 1.54) is 0 Å². The Morgan fingerprint density at radius 1 is 1.00 bits per heavy atom. The predicted molar refractivity (Wildman–Crippen MR) is 19.0 cm³/mol. The maximum atomic E-state index is 11.5. The van der Waals surface area contributed by atoms with Crippen LogP contribution in [0.3, 0.4) is 0 Å². The molecule has 0 spiro atoms. The lowest BCUT2D eigenvalue weighted by molar-refractivity contribution is -0.0278. The Morgan fingerprint density at radius 2 is 1.12 bits per heavy atom. The summed E-state index contributed by atoms with van der Waals surface area (Å²) < 4.78 is 45.8. The molecule has 1 saturated carbocycles. The minimum atomic E-state index is -3.92. The highest BCUT2D eigenvalue weighted by Crippen LogP contribution is 2.61. The van der Waals surface area contributed by atoms with Crippen LogP contribution in [0.4, 0.5) is 17.6 Å². The highest BCUT2D eigenvalue weighted by molar-refractivity contribution is 5.42. The maximum absolute atomic E-state index is 11.5. The zero-order chi connectivity index (χ0) is 6.58. The van der Waals surface area contributed by atoms with Gasteiger partial charge in [-0.05, 0) is 0 Å². The molecule has 0 N–H and O–H groups in total. The first-order valence-electron chi connectivity index (χ1n) is 1.86. The number of allylic oxidation sites excluding steroid dienone is 1. The number of hydrogen-bond donors (Lipinski definition) is 0. The van der Waals surface area contributed by atoms with Crippen molar-refractivity contribution in [3.63, 3.8) is 0 Å². The van der Waals surface area contributed by atoms with E-state index < -0.39 is 17.4 Å². The van der Waals surface area contributed by atoms with Crippen molar-refractivity contribution in [1.82, 2.24) is 0 Å². The van der Waals surface area contributed by atoms with Crippen LogP contribution in [0.15, 0.2) is 12.2 Å². The Balaban J connectivity index is 2.88. The summed E-state index contributed by atoms with van der Waals surface area (Å²) >= 11 is 0. The van der Waals surface area contributed by atoms with Crippen molar-refractivity contribution >= 4 is 0 Å². The molecular formula is C4H2F4. The Hall–Kier alpha value is -0.540. The molecular weight excluding hydrogens is 124 g/mol. The van der Waals surface area contributed by atoms with E-state index in [0.717, 1.165) is 0 Å². The molecule has 0 saturated heterocycles. The third-order valence-corrected chi connectivity index (χ3v) is 1.09. The molecule has 0 aliphatic heterocycles. The van der Waals surface area contributed by atoms with Crippen LogP contribution >= 0.6 is 0 Å². The van der Waals surface area contributed by atoms with Crippen molar-refractivity contribution in [1.29, 1.82) is 0 Å². The second-order valence-electron chi connectivity index (χ2n) is 1.63.